The third-order valence-corrected chi connectivity index (χ3v) is 13.8. The molecular formula is C27H37ClSi. The van der Waals surface area contributed by atoms with E-state index in [9.17, 15) is 0 Å². The zero-order valence-electron chi connectivity index (χ0n) is 18.1. The summed E-state index contributed by atoms with van der Waals surface area (Å²) in [5.41, 5.74) is 2.16. The second-order valence-corrected chi connectivity index (χ2v) is 15.0. The highest BCUT2D eigenvalue weighted by Gasteiger charge is 2.45. The fourth-order valence-corrected chi connectivity index (χ4v) is 11.8. The predicted molar refractivity (Wildman–Crippen MR) is 130 cm³/mol. The maximum absolute atomic E-state index is 6.09. The third kappa shape index (κ3) is 4.83. The quantitative estimate of drug-likeness (QED) is 0.323. The highest BCUT2D eigenvalue weighted by atomic mass is 35.5. The molecule has 0 radical (unpaired) electrons. The topological polar surface area (TPSA) is 0 Å². The van der Waals surface area contributed by atoms with Crippen molar-refractivity contribution in [2.45, 2.75) is 88.8 Å². The van der Waals surface area contributed by atoms with Gasteiger partial charge in [0.2, 0.25) is 0 Å². The summed E-state index contributed by atoms with van der Waals surface area (Å²) in [4.78, 5) is 0. The summed E-state index contributed by atoms with van der Waals surface area (Å²) in [5, 5.41) is 2.61. The lowest BCUT2D eigenvalue weighted by Crippen LogP contribution is -2.52. The summed E-state index contributed by atoms with van der Waals surface area (Å²) in [7, 11) is -1.31. The van der Waals surface area contributed by atoms with Crippen molar-refractivity contribution in [3.05, 3.63) is 65.2 Å². The molecule has 1 aliphatic heterocycles. The molecule has 2 heteroatoms. The third-order valence-electron chi connectivity index (χ3n) is 8.30. The summed E-state index contributed by atoms with van der Waals surface area (Å²) in [6.45, 7) is 2.34. The average molecular weight is 425 g/mol. The minimum absolute atomic E-state index is 0.652. The van der Waals surface area contributed by atoms with E-state index in [1.54, 1.807) is 5.19 Å². The van der Waals surface area contributed by atoms with Crippen LogP contribution in [0.3, 0.4) is 0 Å². The van der Waals surface area contributed by atoms with Gasteiger partial charge >= 0.3 is 0 Å². The van der Waals surface area contributed by atoms with Crippen LogP contribution in [0.5, 0.6) is 0 Å². The largest absolute Gasteiger partial charge is 0.0867 e. The highest BCUT2D eigenvalue weighted by Crippen LogP contribution is 2.53. The Balaban J connectivity index is 1.41. The molecule has 0 aromatic heterocycles. The van der Waals surface area contributed by atoms with Crippen LogP contribution in [0.25, 0.3) is 0 Å². The molecule has 1 saturated heterocycles. The average Bonchev–Trinajstić information content (AvgIpc) is 2.78. The Labute approximate surface area is 184 Å². The van der Waals surface area contributed by atoms with Gasteiger partial charge in [0, 0.05) is 5.02 Å². The second kappa shape index (κ2) is 9.39. The van der Waals surface area contributed by atoms with E-state index in [4.69, 9.17) is 11.6 Å². The Morgan fingerprint density at radius 3 is 2.14 bits per heavy atom. The minimum atomic E-state index is -1.31. The monoisotopic (exact) mass is 424 g/mol. The SMILES string of the molecule is CCCCC[Si]1(c2ccccc2)CCC2(CCC(c3ccc(Cl)cc3)CC2)CC1. The number of hydrogen-bond acceptors (Lipinski definition) is 0. The van der Waals surface area contributed by atoms with E-state index in [-0.39, 0.29) is 0 Å². The van der Waals surface area contributed by atoms with E-state index in [0.29, 0.717) is 5.41 Å². The van der Waals surface area contributed by atoms with Crippen LogP contribution in [-0.4, -0.2) is 8.07 Å². The number of halogens is 1. The van der Waals surface area contributed by atoms with Gasteiger partial charge < -0.3 is 0 Å². The lowest BCUT2D eigenvalue weighted by atomic mass is 9.66. The molecule has 1 heterocycles. The molecule has 2 fully saturated rings. The van der Waals surface area contributed by atoms with E-state index in [1.807, 2.05) is 0 Å². The standard InChI is InChI=1S/C27H37ClSi/c1-2-3-7-20-29(26-8-5-4-6-9-26)21-18-27(19-22-29)16-14-24(15-17-27)23-10-12-25(28)13-11-23/h4-6,8-13,24H,2-3,7,14-22H2,1H3. The van der Waals surface area contributed by atoms with Crippen LogP contribution in [0.4, 0.5) is 0 Å². The summed E-state index contributed by atoms with van der Waals surface area (Å²) in [6.07, 6.45) is 12.8. The van der Waals surface area contributed by atoms with Gasteiger partial charge in [0.15, 0.2) is 0 Å². The summed E-state index contributed by atoms with van der Waals surface area (Å²) in [6, 6.07) is 24.9. The molecule has 2 aromatic carbocycles. The van der Waals surface area contributed by atoms with Gasteiger partial charge in [-0.15, -0.1) is 0 Å². The zero-order chi connectivity index (χ0) is 20.2. The van der Waals surface area contributed by atoms with Crippen LogP contribution < -0.4 is 5.19 Å². The number of benzene rings is 2. The lowest BCUT2D eigenvalue weighted by molar-refractivity contribution is 0.151. The fourth-order valence-electron chi connectivity index (χ4n) is 6.25. The van der Waals surface area contributed by atoms with Crippen LogP contribution in [0, 0.1) is 5.41 Å². The molecule has 2 aromatic rings. The molecule has 156 valence electrons. The molecule has 1 saturated carbocycles. The predicted octanol–water partition coefficient (Wildman–Crippen LogP) is 8.32. The molecular weight excluding hydrogens is 388 g/mol. The van der Waals surface area contributed by atoms with Crippen molar-refractivity contribution in [1.82, 2.24) is 0 Å². The van der Waals surface area contributed by atoms with Gasteiger partial charge in [-0.25, -0.2) is 0 Å². The Bertz CT molecular complexity index is 749. The van der Waals surface area contributed by atoms with Crippen molar-refractivity contribution in [2.75, 3.05) is 0 Å². The Kier molecular flexibility index (Phi) is 6.86. The van der Waals surface area contributed by atoms with E-state index in [0.717, 1.165) is 10.9 Å². The van der Waals surface area contributed by atoms with Crippen LogP contribution in [0.2, 0.25) is 23.2 Å². The molecule has 1 aliphatic carbocycles. The second-order valence-electron chi connectivity index (χ2n) is 9.93. The molecule has 0 unspecified atom stereocenters. The van der Waals surface area contributed by atoms with Gasteiger partial charge in [0.25, 0.3) is 0 Å². The molecule has 0 amide bonds. The zero-order valence-corrected chi connectivity index (χ0v) is 19.9. The highest BCUT2D eigenvalue weighted by molar-refractivity contribution is 6.92. The van der Waals surface area contributed by atoms with Crippen molar-refractivity contribution in [2.24, 2.45) is 5.41 Å². The smallest absolute Gasteiger partial charge is 0.0843 e. The minimum Gasteiger partial charge on any atom is -0.0843 e. The molecule has 2 aliphatic rings. The van der Waals surface area contributed by atoms with Gasteiger partial charge in [-0.3, -0.25) is 0 Å². The van der Waals surface area contributed by atoms with Crippen molar-refractivity contribution in [3.63, 3.8) is 0 Å². The van der Waals surface area contributed by atoms with E-state index >= 15 is 0 Å². The van der Waals surface area contributed by atoms with Crippen LogP contribution in [-0.2, 0) is 0 Å². The maximum Gasteiger partial charge on any atom is 0.0867 e. The Hall–Kier alpha value is -1.05. The van der Waals surface area contributed by atoms with Crippen molar-refractivity contribution in [1.29, 1.82) is 0 Å². The van der Waals surface area contributed by atoms with E-state index < -0.39 is 8.07 Å². The lowest BCUT2D eigenvalue weighted by Gasteiger charge is -2.49. The summed E-state index contributed by atoms with van der Waals surface area (Å²) in [5.74, 6) is 0.750. The first kappa shape index (κ1) is 21.2. The molecule has 0 N–H and O–H groups in total. The maximum atomic E-state index is 6.09. The van der Waals surface area contributed by atoms with Gasteiger partial charge in [-0.05, 0) is 67.6 Å². The van der Waals surface area contributed by atoms with Crippen LogP contribution in [0.1, 0.15) is 76.2 Å². The molecule has 4 rings (SSSR count). The van der Waals surface area contributed by atoms with E-state index in [1.165, 1.54) is 81.5 Å². The fraction of sp³-hybridized carbons (Fsp3) is 0.556. The van der Waals surface area contributed by atoms with Crippen molar-refractivity contribution in [3.8, 4) is 0 Å². The van der Waals surface area contributed by atoms with Gasteiger partial charge in [0.05, 0.1) is 8.07 Å². The van der Waals surface area contributed by atoms with Crippen LogP contribution in [0.15, 0.2) is 54.6 Å². The first-order valence-corrected chi connectivity index (χ1v) is 15.0. The van der Waals surface area contributed by atoms with Gasteiger partial charge in [-0.1, -0.05) is 104 Å². The summed E-state index contributed by atoms with van der Waals surface area (Å²) >= 11 is 6.09. The molecule has 0 bridgehead atoms. The van der Waals surface area contributed by atoms with Crippen molar-refractivity contribution >= 4 is 24.9 Å². The Morgan fingerprint density at radius 2 is 1.52 bits per heavy atom. The van der Waals surface area contributed by atoms with Crippen molar-refractivity contribution < 1.29 is 0 Å². The number of rotatable bonds is 6. The van der Waals surface area contributed by atoms with Gasteiger partial charge in [-0.2, -0.15) is 0 Å². The summed E-state index contributed by atoms with van der Waals surface area (Å²) < 4.78 is 0. The first-order valence-electron chi connectivity index (χ1n) is 12.0. The van der Waals surface area contributed by atoms with Gasteiger partial charge in [0.1, 0.15) is 0 Å². The van der Waals surface area contributed by atoms with E-state index in [2.05, 4.69) is 61.5 Å². The molecule has 1 spiro atoms. The number of hydrogen-bond donors (Lipinski definition) is 0. The molecule has 0 atom stereocenters. The number of unbranched alkanes of at least 4 members (excludes halogenated alkanes) is 2. The first-order chi connectivity index (χ1) is 14.1. The Morgan fingerprint density at radius 1 is 0.862 bits per heavy atom. The molecule has 29 heavy (non-hydrogen) atoms. The molecule has 0 nitrogen and oxygen atoms in total. The normalized spacial score (nSPS) is 29.8. The van der Waals surface area contributed by atoms with Crippen LogP contribution >= 0.6 is 11.6 Å².